The van der Waals surface area contributed by atoms with Crippen molar-refractivity contribution in [2.75, 3.05) is 18.0 Å². The maximum absolute atomic E-state index is 14.6. The van der Waals surface area contributed by atoms with E-state index >= 15 is 0 Å². The molecule has 0 bridgehead atoms. The van der Waals surface area contributed by atoms with Crippen molar-refractivity contribution in [1.82, 2.24) is 4.90 Å². The molecule has 1 amide bonds. The number of likely N-dealkylation sites (tertiary alicyclic amines) is 1. The zero-order valence-electron chi connectivity index (χ0n) is 22.3. The van der Waals surface area contributed by atoms with Crippen molar-refractivity contribution in [3.8, 4) is 0 Å². The van der Waals surface area contributed by atoms with Gasteiger partial charge in [-0.25, -0.2) is 4.39 Å². The van der Waals surface area contributed by atoms with Crippen molar-refractivity contribution >= 4 is 24.2 Å². The van der Waals surface area contributed by atoms with Gasteiger partial charge in [0.1, 0.15) is 6.17 Å². The molecule has 3 saturated carbocycles. The van der Waals surface area contributed by atoms with Gasteiger partial charge in [-0.1, -0.05) is 31.4 Å². The highest BCUT2D eigenvalue weighted by Crippen LogP contribution is 2.56. The number of hydrogen-bond donors (Lipinski definition) is 0. The van der Waals surface area contributed by atoms with Crippen LogP contribution in [0.4, 0.5) is 10.1 Å². The predicted octanol–water partition coefficient (Wildman–Crippen LogP) is 4.50. The zero-order chi connectivity index (χ0) is 25.1. The maximum atomic E-state index is 14.6. The van der Waals surface area contributed by atoms with Gasteiger partial charge in [-0.15, -0.1) is 0 Å². The van der Waals surface area contributed by atoms with E-state index in [0.717, 1.165) is 69.1 Å². The van der Waals surface area contributed by atoms with E-state index in [2.05, 4.69) is 55.7 Å². The number of anilines is 1. The largest absolute Gasteiger partial charge is 0.494 e. The van der Waals surface area contributed by atoms with Gasteiger partial charge in [-0.3, -0.25) is 9.69 Å². The number of hydrogen-bond acceptors (Lipinski definition) is 4. The monoisotopic (exact) mass is 494 g/mol. The standard InChI is InChI=1S/C29H40BFN2O3/c1-26(2)27(3,4)36-30(35-26)19-8-9-22-23(14-19)33(25(34)29(22)10-6-5-7-11-29)21-15-20(16-21)32-17-24(31)28(18-32)12-13-28/h8-9,14,20-21,24H,5-7,10-13,15-18H2,1-4H3. The van der Waals surface area contributed by atoms with Gasteiger partial charge in [-0.2, -0.15) is 0 Å². The SMILES string of the molecule is CC1(C)OB(c2ccc3c(c2)N(C2CC(N4CC(F)C5(CC5)C4)C2)C(=O)C32CCCCC2)OC1(C)C. The van der Waals surface area contributed by atoms with Gasteiger partial charge in [0.05, 0.1) is 16.6 Å². The van der Waals surface area contributed by atoms with Gasteiger partial charge in [-0.05, 0) is 83.3 Å². The summed E-state index contributed by atoms with van der Waals surface area (Å²) in [6.07, 6.45) is 8.64. The summed E-state index contributed by atoms with van der Waals surface area (Å²) in [6.45, 7) is 9.80. The lowest BCUT2D eigenvalue weighted by atomic mass is 9.69. The molecule has 0 aromatic heterocycles. The summed E-state index contributed by atoms with van der Waals surface area (Å²) >= 11 is 0. The second kappa shape index (κ2) is 7.57. The van der Waals surface area contributed by atoms with Crippen LogP contribution in [0.3, 0.4) is 0 Å². The molecule has 2 saturated heterocycles. The normalized spacial score (nSPS) is 35.5. The van der Waals surface area contributed by atoms with Gasteiger partial charge >= 0.3 is 7.12 Å². The molecule has 1 unspecified atom stereocenters. The molecule has 2 spiro atoms. The number of benzene rings is 1. The van der Waals surface area contributed by atoms with Crippen LogP contribution in [0.2, 0.25) is 0 Å². The Labute approximate surface area is 215 Å². The summed E-state index contributed by atoms with van der Waals surface area (Å²) in [5, 5.41) is 0. The third kappa shape index (κ3) is 3.21. The maximum Gasteiger partial charge on any atom is 0.494 e. The molecule has 0 N–H and O–H groups in total. The number of carbonyl (C=O) groups excluding carboxylic acids is 1. The lowest BCUT2D eigenvalue weighted by molar-refractivity contribution is -0.125. The topological polar surface area (TPSA) is 42.0 Å². The molecule has 1 aromatic rings. The van der Waals surface area contributed by atoms with Crippen molar-refractivity contribution in [3.05, 3.63) is 23.8 Å². The minimum atomic E-state index is -0.668. The van der Waals surface area contributed by atoms with Gasteiger partial charge < -0.3 is 14.2 Å². The first-order valence-electron chi connectivity index (χ1n) is 14.3. The molecule has 1 aromatic carbocycles. The van der Waals surface area contributed by atoms with Crippen LogP contribution in [0.15, 0.2) is 18.2 Å². The first-order chi connectivity index (χ1) is 17.1. The predicted molar refractivity (Wildman–Crippen MR) is 139 cm³/mol. The molecule has 6 aliphatic rings. The summed E-state index contributed by atoms with van der Waals surface area (Å²) < 4.78 is 27.3. The molecule has 3 aliphatic carbocycles. The van der Waals surface area contributed by atoms with Crippen LogP contribution < -0.4 is 10.4 Å². The molecule has 3 aliphatic heterocycles. The van der Waals surface area contributed by atoms with Gasteiger partial charge in [0.25, 0.3) is 0 Å². The molecule has 194 valence electrons. The Morgan fingerprint density at radius 2 is 1.61 bits per heavy atom. The summed E-state index contributed by atoms with van der Waals surface area (Å²) in [6, 6.07) is 7.10. The van der Waals surface area contributed by atoms with E-state index in [0.29, 0.717) is 18.5 Å². The molecule has 0 radical (unpaired) electrons. The minimum absolute atomic E-state index is 0.0367. The van der Waals surface area contributed by atoms with E-state index in [1.54, 1.807) is 0 Å². The third-order valence-electron chi connectivity index (χ3n) is 11.1. The second-order valence-corrected chi connectivity index (χ2v) is 13.7. The van der Waals surface area contributed by atoms with Crippen molar-refractivity contribution in [2.45, 2.75) is 120 Å². The minimum Gasteiger partial charge on any atom is -0.399 e. The Balaban J connectivity index is 1.18. The van der Waals surface area contributed by atoms with Crippen LogP contribution in [0, 0.1) is 5.41 Å². The number of alkyl halides is 1. The molecule has 36 heavy (non-hydrogen) atoms. The fraction of sp³-hybridized carbons (Fsp3) is 0.759. The molecule has 7 rings (SSSR count). The van der Waals surface area contributed by atoms with Crippen LogP contribution in [0.1, 0.15) is 91.0 Å². The fourth-order valence-corrected chi connectivity index (χ4v) is 7.68. The molecular weight excluding hydrogens is 454 g/mol. The Hall–Kier alpha value is -1.44. The first kappa shape index (κ1) is 23.7. The van der Waals surface area contributed by atoms with E-state index in [1.165, 1.54) is 12.0 Å². The van der Waals surface area contributed by atoms with Crippen molar-refractivity contribution in [2.24, 2.45) is 5.41 Å². The van der Waals surface area contributed by atoms with Crippen molar-refractivity contribution in [1.29, 1.82) is 0 Å². The number of halogens is 1. The second-order valence-electron chi connectivity index (χ2n) is 13.7. The lowest BCUT2D eigenvalue weighted by Gasteiger charge is -2.46. The molecule has 1 atom stereocenters. The van der Waals surface area contributed by atoms with E-state index < -0.39 is 24.5 Å². The highest BCUT2D eigenvalue weighted by atomic mass is 19.1. The Kier molecular flexibility index (Phi) is 4.98. The molecule has 5 fully saturated rings. The van der Waals surface area contributed by atoms with Crippen LogP contribution in [-0.4, -0.2) is 60.5 Å². The number of fused-ring (bicyclic) bond motifs is 2. The summed E-state index contributed by atoms with van der Waals surface area (Å²) in [5.74, 6) is 0.301. The Morgan fingerprint density at radius 1 is 0.944 bits per heavy atom. The fourth-order valence-electron chi connectivity index (χ4n) is 7.68. The van der Waals surface area contributed by atoms with Crippen LogP contribution in [-0.2, 0) is 19.5 Å². The average Bonchev–Trinajstić information content (AvgIpc) is 3.41. The summed E-state index contributed by atoms with van der Waals surface area (Å²) in [7, 11) is -0.435. The van der Waals surface area contributed by atoms with Gasteiger partial charge in [0.2, 0.25) is 5.91 Å². The van der Waals surface area contributed by atoms with Crippen LogP contribution in [0.5, 0.6) is 0 Å². The van der Waals surface area contributed by atoms with E-state index in [4.69, 9.17) is 9.31 Å². The molecule has 3 heterocycles. The smallest absolute Gasteiger partial charge is 0.399 e. The highest BCUT2D eigenvalue weighted by molar-refractivity contribution is 6.62. The molecule has 5 nitrogen and oxygen atoms in total. The number of carbonyl (C=O) groups is 1. The lowest BCUT2D eigenvalue weighted by Crippen LogP contribution is -2.56. The van der Waals surface area contributed by atoms with E-state index in [1.807, 2.05) is 0 Å². The van der Waals surface area contributed by atoms with Gasteiger partial charge in [0.15, 0.2) is 0 Å². The molecule has 7 heteroatoms. The number of rotatable bonds is 3. The number of nitrogens with zero attached hydrogens (tertiary/aromatic N) is 2. The third-order valence-corrected chi connectivity index (χ3v) is 11.1. The van der Waals surface area contributed by atoms with Crippen LogP contribution in [0.25, 0.3) is 0 Å². The van der Waals surface area contributed by atoms with Gasteiger partial charge in [0, 0.05) is 36.3 Å². The van der Waals surface area contributed by atoms with Crippen molar-refractivity contribution < 1.29 is 18.5 Å². The Bertz CT molecular complexity index is 1070. The highest BCUT2D eigenvalue weighted by Gasteiger charge is 2.60. The van der Waals surface area contributed by atoms with Crippen LogP contribution >= 0.6 is 0 Å². The summed E-state index contributed by atoms with van der Waals surface area (Å²) in [4.78, 5) is 18.7. The summed E-state index contributed by atoms with van der Waals surface area (Å²) in [5.41, 5.74) is 2.05. The quantitative estimate of drug-likeness (QED) is 0.581. The molecular formula is C29H40BFN2O3. The van der Waals surface area contributed by atoms with Crippen molar-refractivity contribution in [3.63, 3.8) is 0 Å². The van der Waals surface area contributed by atoms with E-state index in [-0.39, 0.29) is 16.9 Å². The zero-order valence-corrected chi connectivity index (χ0v) is 22.3. The first-order valence-corrected chi connectivity index (χ1v) is 14.3. The average molecular weight is 494 g/mol. The number of amides is 1. The Morgan fingerprint density at radius 3 is 2.22 bits per heavy atom. The van der Waals surface area contributed by atoms with E-state index in [9.17, 15) is 9.18 Å².